The number of hydrogen-bond donors (Lipinski definition) is 2. The van der Waals surface area contributed by atoms with Crippen molar-refractivity contribution < 1.29 is 33.4 Å². The van der Waals surface area contributed by atoms with Gasteiger partial charge in [-0.25, -0.2) is 9.59 Å². The molecule has 2 aromatic rings. The Balaban J connectivity index is 1.67. The Bertz CT molecular complexity index is 1090. The van der Waals surface area contributed by atoms with Gasteiger partial charge in [-0.2, -0.15) is 0 Å². The van der Waals surface area contributed by atoms with E-state index in [-0.39, 0.29) is 42.4 Å². The van der Waals surface area contributed by atoms with Gasteiger partial charge in [0.05, 0.1) is 24.7 Å². The lowest BCUT2D eigenvalue weighted by atomic mass is 9.82. The Morgan fingerprint density at radius 3 is 2.73 bits per heavy atom. The number of aryl methyl sites for hydroxylation is 1. The van der Waals surface area contributed by atoms with Crippen molar-refractivity contribution in [3.05, 3.63) is 63.2 Å². The number of rotatable bonds is 6. The van der Waals surface area contributed by atoms with Crippen LogP contribution in [0.3, 0.4) is 0 Å². The van der Waals surface area contributed by atoms with Gasteiger partial charge in [-0.3, -0.25) is 4.79 Å². The molecule has 158 valence electrons. The molecule has 1 saturated heterocycles. The van der Waals surface area contributed by atoms with E-state index in [1.807, 2.05) is 0 Å². The van der Waals surface area contributed by atoms with Crippen LogP contribution >= 0.6 is 0 Å². The number of hydrogen-bond acceptors (Lipinski definition) is 8. The van der Waals surface area contributed by atoms with Gasteiger partial charge in [0, 0.05) is 0 Å². The monoisotopic (exact) mass is 415 g/mol. The molecule has 0 radical (unpaired) electrons. The molecule has 9 heteroatoms. The van der Waals surface area contributed by atoms with Crippen molar-refractivity contribution in [1.82, 2.24) is 4.90 Å². The highest BCUT2D eigenvalue weighted by Crippen LogP contribution is 2.47. The first kappa shape index (κ1) is 20.1. The number of carbonyl (C=O) groups is 2. The van der Waals surface area contributed by atoms with Crippen LogP contribution < -0.4 is 5.82 Å². The summed E-state index contributed by atoms with van der Waals surface area (Å²) >= 11 is 0. The number of nitrogens with zero attached hydrogens (tertiary/aromatic N) is 1. The second kappa shape index (κ2) is 7.58. The first-order valence-electron chi connectivity index (χ1n) is 9.52. The number of amides is 1. The Hall–Kier alpha value is -3.17. The smallest absolute Gasteiger partial charge is 0.453 e. The van der Waals surface area contributed by atoms with Gasteiger partial charge in [0.15, 0.2) is 18.1 Å². The van der Waals surface area contributed by atoms with E-state index in [2.05, 4.69) is 0 Å². The number of aliphatic hydroxyl groups is 2. The summed E-state index contributed by atoms with van der Waals surface area (Å²) in [5.41, 5.74) is 2.05. The van der Waals surface area contributed by atoms with E-state index in [1.54, 1.807) is 31.2 Å². The normalized spacial score (nSPS) is 21.5. The van der Waals surface area contributed by atoms with Crippen LogP contribution in [0.4, 0.5) is 0 Å². The van der Waals surface area contributed by atoms with E-state index < -0.39 is 23.8 Å². The minimum atomic E-state index is -0.891. The zero-order chi connectivity index (χ0) is 21.6. The van der Waals surface area contributed by atoms with E-state index in [1.165, 1.54) is 11.8 Å². The Labute approximate surface area is 171 Å². The number of benzene rings is 1. The molecule has 0 saturated carbocycles. The average Bonchev–Trinajstić information content (AvgIpc) is 3.22. The predicted molar refractivity (Wildman–Crippen MR) is 101 cm³/mol. The summed E-state index contributed by atoms with van der Waals surface area (Å²) in [5, 5.41) is 19.4. The van der Waals surface area contributed by atoms with Gasteiger partial charge in [-0.15, -0.1) is 0 Å². The molecule has 0 aliphatic carbocycles. The summed E-state index contributed by atoms with van der Waals surface area (Å²) < 4.78 is 14.9. The van der Waals surface area contributed by atoms with E-state index in [0.29, 0.717) is 23.1 Å². The highest BCUT2D eigenvalue weighted by atomic mass is 16.6. The Morgan fingerprint density at radius 1 is 1.33 bits per heavy atom. The Morgan fingerprint density at radius 2 is 2.10 bits per heavy atom. The van der Waals surface area contributed by atoms with Crippen LogP contribution in [0.25, 0.3) is 5.57 Å². The van der Waals surface area contributed by atoms with Gasteiger partial charge in [0.2, 0.25) is 5.91 Å². The second-order valence-corrected chi connectivity index (χ2v) is 7.44. The number of aliphatic hydroxyl groups excluding tert-OH is 2. The van der Waals surface area contributed by atoms with Crippen LogP contribution in [-0.2, 0) is 27.5 Å². The summed E-state index contributed by atoms with van der Waals surface area (Å²) in [5.74, 6) is -2.29. The maximum atomic E-state index is 13.0. The summed E-state index contributed by atoms with van der Waals surface area (Å²) in [7, 11) is 0. The van der Waals surface area contributed by atoms with Gasteiger partial charge in [0.1, 0.15) is 5.70 Å². The minimum Gasteiger partial charge on any atom is -0.453 e. The molecule has 2 aliphatic heterocycles. The van der Waals surface area contributed by atoms with Gasteiger partial charge in [0.25, 0.3) is 0 Å². The van der Waals surface area contributed by atoms with Crippen molar-refractivity contribution in [2.45, 2.75) is 45.6 Å². The number of carbonyl (C=O) groups excluding carboxylic acids is 2. The third-order valence-electron chi connectivity index (χ3n) is 5.55. The number of β-lactam (4-membered cyclic amide) rings is 1. The molecule has 9 nitrogen and oxygen atoms in total. The lowest BCUT2D eigenvalue weighted by Crippen LogP contribution is -2.61. The van der Waals surface area contributed by atoms with Crippen molar-refractivity contribution in [1.29, 1.82) is 0 Å². The molecular formula is C21H21NO8. The largest absolute Gasteiger partial charge is 0.519 e. The number of esters is 1. The summed E-state index contributed by atoms with van der Waals surface area (Å²) in [4.78, 5) is 38.1. The number of ether oxygens (including phenoxy) is 1. The Kier molecular flexibility index (Phi) is 5.08. The summed E-state index contributed by atoms with van der Waals surface area (Å²) in [6.07, 6.45) is -0.470. The predicted octanol–water partition coefficient (Wildman–Crippen LogP) is 1.10. The second-order valence-electron chi connectivity index (χ2n) is 7.44. The zero-order valence-electron chi connectivity index (χ0n) is 16.5. The molecule has 1 fully saturated rings. The first-order valence-corrected chi connectivity index (χ1v) is 9.52. The van der Waals surface area contributed by atoms with Gasteiger partial charge < -0.3 is 28.7 Å². The van der Waals surface area contributed by atoms with Crippen LogP contribution in [-0.4, -0.2) is 39.1 Å². The molecule has 0 spiro atoms. The standard InChI is InChI=1S/C21H21NO8/c1-10(24)17-15-7-14(13-5-3-4-12(6-13)8-23)18(22(15)19(17)25)20(26)28-9-16-11(2)29-21(27)30-16/h3-6,10,15,17,23-24H,7-9H2,1-2H3/t10-,15-,17-/m1/s1. The highest BCUT2D eigenvalue weighted by molar-refractivity contribution is 6.06. The molecule has 30 heavy (non-hydrogen) atoms. The lowest BCUT2D eigenvalue weighted by Gasteiger charge is -2.44. The van der Waals surface area contributed by atoms with Crippen molar-refractivity contribution >= 4 is 17.4 Å². The van der Waals surface area contributed by atoms with Gasteiger partial charge >= 0.3 is 11.8 Å². The topological polar surface area (TPSA) is 130 Å². The maximum absolute atomic E-state index is 13.0. The van der Waals surface area contributed by atoms with Crippen molar-refractivity contribution in [2.75, 3.05) is 0 Å². The van der Waals surface area contributed by atoms with Crippen molar-refractivity contribution in [3.8, 4) is 0 Å². The van der Waals surface area contributed by atoms with Crippen LogP contribution in [0.5, 0.6) is 0 Å². The fourth-order valence-corrected chi connectivity index (χ4v) is 4.08. The molecule has 0 unspecified atom stereocenters. The van der Waals surface area contributed by atoms with Crippen molar-refractivity contribution in [3.63, 3.8) is 0 Å². The molecule has 2 aliphatic rings. The van der Waals surface area contributed by atoms with Crippen molar-refractivity contribution in [2.24, 2.45) is 5.92 Å². The molecule has 1 amide bonds. The summed E-state index contributed by atoms with van der Waals surface area (Å²) in [6, 6.07) is 6.69. The molecule has 0 bridgehead atoms. The van der Waals surface area contributed by atoms with E-state index in [4.69, 9.17) is 13.6 Å². The first-order chi connectivity index (χ1) is 14.3. The average molecular weight is 415 g/mol. The third-order valence-corrected chi connectivity index (χ3v) is 5.55. The van der Waals surface area contributed by atoms with Crippen LogP contribution in [0.2, 0.25) is 0 Å². The highest BCUT2D eigenvalue weighted by Gasteiger charge is 2.57. The number of fused-ring (bicyclic) bond motifs is 1. The fraction of sp³-hybridized carbons (Fsp3) is 0.381. The van der Waals surface area contributed by atoms with E-state index >= 15 is 0 Å². The molecule has 3 atom stereocenters. The van der Waals surface area contributed by atoms with Crippen LogP contribution in [0.15, 0.2) is 43.6 Å². The molecular weight excluding hydrogens is 394 g/mol. The fourth-order valence-electron chi connectivity index (χ4n) is 4.08. The lowest BCUT2D eigenvalue weighted by molar-refractivity contribution is -0.162. The van der Waals surface area contributed by atoms with E-state index in [0.717, 1.165) is 0 Å². The SMILES string of the molecule is Cc1oc(=O)oc1COC(=O)C1=C(c2cccc(CO)c2)C[C@@H]2[C@@H]([C@@H](C)O)C(=O)N12. The van der Waals surface area contributed by atoms with E-state index in [9.17, 15) is 24.6 Å². The molecule has 1 aromatic carbocycles. The minimum absolute atomic E-state index is 0.0871. The third kappa shape index (κ3) is 3.25. The molecule has 4 rings (SSSR count). The molecule has 3 heterocycles. The maximum Gasteiger partial charge on any atom is 0.519 e. The van der Waals surface area contributed by atoms with Crippen LogP contribution in [0.1, 0.15) is 36.0 Å². The molecule has 2 N–H and O–H groups in total. The van der Waals surface area contributed by atoms with Gasteiger partial charge in [-0.05, 0) is 43.0 Å². The summed E-state index contributed by atoms with van der Waals surface area (Å²) in [6.45, 7) is 2.57. The zero-order valence-corrected chi connectivity index (χ0v) is 16.5. The van der Waals surface area contributed by atoms with Gasteiger partial charge in [-0.1, -0.05) is 18.2 Å². The quantitative estimate of drug-likeness (QED) is 0.530. The van der Waals surface area contributed by atoms with Crippen LogP contribution in [0, 0.1) is 12.8 Å². The molecule has 1 aromatic heterocycles.